The molecule has 3 atom stereocenters. The van der Waals surface area contributed by atoms with Crippen LogP contribution in [0.2, 0.25) is 0 Å². The van der Waals surface area contributed by atoms with Crippen LogP contribution in [-0.2, 0) is 10.0 Å². The van der Waals surface area contributed by atoms with E-state index in [1.54, 1.807) is 36.4 Å². The van der Waals surface area contributed by atoms with Crippen LogP contribution >= 0.6 is 0 Å². The first kappa shape index (κ1) is 18.1. The van der Waals surface area contributed by atoms with Crippen molar-refractivity contribution in [1.29, 1.82) is 5.26 Å². The SMILES string of the molecule is CC1(C)C(O)C(C#N)=C[C@]2(C)CN(S(=O)(=O)c3ccccc3)CC[C@@H]12. The summed E-state index contributed by atoms with van der Waals surface area (Å²) in [6.45, 7) is 6.66. The maximum atomic E-state index is 13.0. The molecule has 6 heteroatoms. The van der Waals surface area contributed by atoms with Crippen molar-refractivity contribution >= 4 is 10.0 Å². The van der Waals surface area contributed by atoms with Gasteiger partial charge in [0.1, 0.15) is 0 Å². The molecule has 0 saturated carbocycles. The lowest BCUT2D eigenvalue weighted by molar-refractivity contribution is -0.0506. The molecule has 1 aromatic carbocycles. The molecule has 0 radical (unpaired) electrons. The van der Waals surface area contributed by atoms with Gasteiger partial charge in [-0.2, -0.15) is 9.57 Å². The monoisotopic (exact) mass is 360 g/mol. The van der Waals surface area contributed by atoms with Crippen molar-refractivity contribution in [1.82, 2.24) is 4.31 Å². The van der Waals surface area contributed by atoms with Crippen molar-refractivity contribution in [2.24, 2.45) is 16.7 Å². The highest BCUT2D eigenvalue weighted by molar-refractivity contribution is 7.89. The van der Waals surface area contributed by atoms with Crippen molar-refractivity contribution in [3.8, 4) is 6.07 Å². The van der Waals surface area contributed by atoms with Crippen LogP contribution in [0.1, 0.15) is 27.2 Å². The van der Waals surface area contributed by atoms with Gasteiger partial charge in [0, 0.05) is 18.5 Å². The average Bonchev–Trinajstić information content (AvgIpc) is 2.58. The molecule has 2 aliphatic rings. The fourth-order valence-corrected chi connectivity index (χ4v) is 6.20. The molecule has 5 nitrogen and oxygen atoms in total. The highest BCUT2D eigenvalue weighted by atomic mass is 32.2. The maximum absolute atomic E-state index is 13.0. The molecule has 1 fully saturated rings. The smallest absolute Gasteiger partial charge is 0.243 e. The van der Waals surface area contributed by atoms with Gasteiger partial charge in [-0.25, -0.2) is 8.42 Å². The number of rotatable bonds is 2. The molecule has 0 amide bonds. The van der Waals surface area contributed by atoms with Crippen molar-refractivity contribution in [3.05, 3.63) is 42.0 Å². The van der Waals surface area contributed by atoms with E-state index in [-0.39, 0.29) is 10.8 Å². The first-order chi connectivity index (χ1) is 11.6. The zero-order valence-corrected chi connectivity index (χ0v) is 15.6. The summed E-state index contributed by atoms with van der Waals surface area (Å²) in [4.78, 5) is 0.289. The Hall–Kier alpha value is -1.68. The van der Waals surface area contributed by atoms with Gasteiger partial charge in [-0.05, 0) is 29.9 Å². The molecule has 0 bridgehead atoms. The molecule has 25 heavy (non-hydrogen) atoms. The van der Waals surface area contributed by atoms with Gasteiger partial charge in [0.25, 0.3) is 0 Å². The molecule has 0 spiro atoms. The third-order valence-corrected chi connectivity index (χ3v) is 7.73. The lowest BCUT2D eigenvalue weighted by atomic mass is 9.54. The summed E-state index contributed by atoms with van der Waals surface area (Å²) in [6, 6.07) is 10.5. The standard InChI is InChI=1S/C19H24N2O3S/c1-18(2)16-9-10-21(25(23,24)15-7-5-4-6-8-15)13-19(16,3)11-14(12-20)17(18)22/h4-8,11,16-17,22H,9-10,13H2,1-3H3/t16-,17?,19+/m0/s1. The second kappa shape index (κ2) is 5.94. The largest absolute Gasteiger partial charge is 0.387 e. The molecule has 1 aliphatic carbocycles. The molecule has 1 saturated heterocycles. The van der Waals surface area contributed by atoms with Crippen LogP contribution in [0.15, 0.2) is 46.9 Å². The maximum Gasteiger partial charge on any atom is 0.243 e. The van der Waals surface area contributed by atoms with E-state index < -0.39 is 27.0 Å². The minimum Gasteiger partial charge on any atom is -0.387 e. The molecule has 1 aliphatic heterocycles. The fraction of sp³-hybridized carbons (Fsp3) is 0.526. The quantitative estimate of drug-likeness (QED) is 0.879. The second-order valence-corrected chi connectivity index (χ2v) is 9.87. The summed E-state index contributed by atoms with van der Waals surface area (Å²) in [7, 11) is -3.57. The predicted molar refractivity (Wildman–Crippen MR) is 94.9 cm³/mol. The number of aliphatic hydroxyl groups excluding tert-OH is 1. The minimum absolute atomic E-state index is 0.106. The van der Waals surface area contributed by atoms with E-state index in [9.17, 15) is 18.8 Å². The Labute approximate surface area is 149 Å². The first-order valence-corrected chi connectivity index (χ1v) is 9.93. The highest BCUT2D eigenvalue weighted by Crippen LogP contribution is 2.54. The molecule has 3 rings (SSSR count). The van der Waals surface area contributed by atoms with E-state index in [4.69, 9.17) is 0 Å². The molecule has 1 heterocycles. The van der Waals surface area contributed by atoms with Gasteiger partial charge >= 0.3 is 0 Å². The van der Waals surface area contributed by atoms with Crippen molar-refractivity contribution < 1.29 is 13.5 Å². The first-order valence-electron chi connectivity index (χ1n) is 8.49. The number of piperidine rings is 1. The predicted octanol–water partition coefficient (Wildman–Crippen LogP) is 2.55. The number of nitriles is 1. The summed E-state index contributed by atoms with van der Waals surface area (Å²) in [5, 5.41) is 19.9. The Morgan fingerprint density at radius 3 is 2.48 bits per heavy atom. The number of sulfonamides is 1. The Morgan fingerprint density at radius 1 is 1.24 bits per heavy atom. The van der Waals surface area contributed by atoms with Crippen LogP contribution in [0.4, 0.5) is 0 Å². The van der Waals surface area contributed by atoms with Gasteiger partial charge in [-0.15, -0.1) is 0 Å². The Bertz CT molecular complexity index is 839. The van der Waals surface area contributed by atoms with E-state index in [1.165, 1.54) is 4.31 Å². The summed E-state index contributed by atoms with van der Waals surface area (Å²) in [5.41, 5.74) is -0.617. The third-order valence-electron chi connectivity index (χ3n) is 5.87. The highest BCUT2D eigenvalue weighted by Gasteiger charge is 2.54. The Kier molecular flexibility index (Phi) is 4.31. The molecule has 1 unspecified atom stereocenters. The Morgan fingerprint density at radius 2 is 1.88 bits per heavy atom. The number of hydrogen-bond donors (Lipinski definition) is 1. The Balaban J connectivity index is 2.00. The van der Waals surface area contributed by atoms with Gasteiger partial charge in [-0.3, -0.25) is 0 Å². The number of hydrogen-bond acceptors (Lipinski definition) is 4. The van der Waals surface area contributed by atoms with E-state index in [0.717, 1.165) is 0 Å². The molecule has 1 N–H and O–H groups in total. The number of benzene rings is 1. The van der Waals surface area contributed by atoms with E-state index >= 15 is 0 Å². The van der Waals surface area contributed by atoms with Crippen LogP contribution in [0.25, 0.3) is 0 Å². The topological polar surface area (TPSA) is 81.4 Å². The van der Waals surface area contributed by atoms with Gasteiger partial charge in [-0.1, -0.05) is 45.0 Å². The average molecular weight is 360 g/mol. The van der Waals surface area contributed by atoms with Gasteiger partial charge in [0.2, 0.25) is 10.0 Å². The summed E-state index contributed by atoms with van der Waals surface area (Å²) >= 11 is 0. The molecular weight excluding hydrogens is 336 g/mol. The number of aliphatic hydroxyl groups is 1. The van der Waals surface area contributed by atoms with Gasteiger partial charge < -0.3 is 5.11 Å². The summed E-state index contributed by atoms with van der Waals surface area (Å²) < 4.78 is 27.5. The summed E-state index contributed by atoms with van der Waals surface area (Å²) in [5.74, 6) is 0.106. The lowest BCUT2D eigenvalue weighted by Crippen LogP contribution is -2.57. The number of fused-ring (bicyclic) bond motifs is 1. The second-order valence-electron chi connectivity index (χ2n) is 7.93. The molecule has 1 aromatic rings. The van der Waals surface area contributed by atoms with E-state index in [1.807, 2.05) is 20.8 Å². The van der Waals surface area contributed by atoms with Crippen molar-refractivity contribution in [2.45, 2.75) is 38.2 Å². The third kappa shape index (κ3) is 2.80. The van der Waals surface area contributed by atoms with Gasteiger partial charge in [0.15, 0.2) is 0 Å². The van der Waals surface area contributed by atoms with Crippen LogP contribution in [0, 0.1) is 28.1 Å². The van der Waals surface area contributed by atoms with E-state index in [0.29, 0.717) is 25.1 Å². The van der Waals surface area contributed by atoms with Crippen LogP contribution in [0.5, 0.6) is 0 Å². The molecule has 134 valence electrons. The van der Waals surface area contributed by atoms with Crippen LogP contribution < -0.4 is 0 Å². The molecule has 0 aromatic heterocycles. The fourth-order valence-electron chi connectivity index (χ4n) is 4.61. The normalized spacial score (nSPS) is 32.4. The number of nitrogens with zero attached hydrogens (tertiary/aromatic N) is 2. The van der Waals surface area contributed by atoms with Crippen LogP contribution in [-0.4, -0.2) is 37.0 Å². The van der Waals surface area contributed by atoms with E-state index in [2.05, 4.69) is 6.07 Å². The minimum atomic E-state index is -3.57. The van der Waals surface area contributed by atoms with Crippen LogP contribution in [0.3, 0.4) is 0 Å². The van der Waals surface area contributed by atoms with Crippen molar-refractivity contribution in [3.63, 3.8) is 0 Å². The zero-order chi connectivity index (χ0) is 18.5. The van der Waals surface area contributed by atoms with Crippen molar-refractivity contribution in [2.75, 3.05) is 13.1 Å². The zero-order valence-electron chi connectivity index (χ0n) is 14.8. The van der Waals surface area contributed by atoms with Gasteiger partial charge in [0.05, 0.1) is 22.6 Å². The summed E-state index contributed by atoms with van der Waals surface area (Å²) in [6.07, 6.45) is 1.63. The molecular formula is C19H24N2O3S. The lowest BCUT2D eigenvalue weighted by Gasteiger charge is -2.55.